The van der Waals surface area contributed by atoms with Crippen LogP contribution < -0.4 is 10.6 Å². The van der Waals surface area contributed by atoms with E-state index in [0.29, 0.717) is 13.0 Å². The Kier molecular flexibility index (Phi) is 6.81. The zero-order valence-corrected chi connectivity index (χ0v) is 19.6. The number of benzene rings is 1. The van der Waals surface area contributed by atoms with E-state index in [0.717, 1.165) is 31.2 Å². The van der Waals surface area contributed by atoms with Gasteiger partial charge in [-0.2, -0.15) is 0 Å². The first-order valence-electron chi connectivity index (χ1n) is 11.6. The maximum absolute atomic E-state index is 13.9. The van der Waals surface area contributed by atoms with Crippen molar-refractivity contribution in [3.63, 3.8) is 0 Å². The van der Waals surface area contributed by atoms with Crippen molar-refractivity contribution in [2.75, 3.05) is 20.2 Å². The number of nitrogens with one attached hydrogen (secondary N) is 2. The Morgan fingerprint density at radius 3 is 2.69 bits per heavy atom. The van der Waals surface area contributed by atoms with Crippen LogP contribution in [0.25, 0.3) is 0 Å². The second kappa shape index (κ2) is 9.43. The van der Waals surface area contributed by atoms with Crippen molar-refractivity contribution < 1.29 is 19.5 Å². The summed E-state index contributed by atoms with van der Waals surface area (Å²) in [6, 6.07) is 8.51. The van der Waals surface area contributed by atoms with Crippen LogP contribution in [0.1, 0.15) is 38.2 Å². The molecule has 0 aliphatic carbocycles. The van der Waals surface area contributed by atoms with Crippen LogP contribution >= 0.6 is 11.8 Å². The van der Waals surface area contributed by atoms with Gasteiger partial charge in [0.15, 0.2) is 0 Å². The SMILES string of the molecule is CCCCNC(=O)C1N([C@@H](CO)Cc2ccccc2)C(=O)[C@@H]2[C@H](C(=O)NC)[C@@H]3CCC12S3. The number of fused-ring (bicyclic) bond motifs is 1. The summed E-state index contributed by atoms with van der Waals surface area (Å²) in [6.07, 6.45) is 3.85. The minimum atomic E-state index is -0.678. The summed E-state index contributed by atoms with van der Waals surface area (Å²) in [6.45, 7) is 2.39. The number of unbranched alkanes of at least 4 members (excludes halogenated alkanes) is 1. The fourth-order valence-electron chi connectivity index (χ4n) is 5.87. The molecule has 4 rings (SSSR count). The highest BCUT2D eigenvalue weighted by Crippen LogP contribution is 2.66. The van der Waals surface area contributed by atoms with Crippen LogP contribution in [-0.4, -0.2) is 70.0 Å². The predicted octanol–water partition coefficient (Wildman–Crippen LogP) is 1.34. The van der Waals surface area contributed by atoms with Crippen molar-refractivity contribution >= 4 is 29.5 Å². The van der Waals surface area contributed by atoms with E-state index in [4.69, 9.17) is 0 Å². The molecule has 3 aliphatic rings. The van der Waals surface area contributed by atoms with Crippen LogP contribution in [0.5, 0.6) is 0 Å². The van der Waals surface area contributed by atoms with Gasteiger partial charge in [0.1, 0.15) is 6.04 Å². The van der Waals surface area contributed by atoms with Crippen LogP contribution in [0.3, 0.4) is 0 Å². The number of carbonyl (C=O) groups is 3. The summed E-state index contributed by atoms with van der Waals surface area (Å²) in [4.78, 5) is 41.8. The third-order valence-electron chi connectivity index (χ3n) is 7.28. The third-order valence-corrected chi connectivity index (χ3v) is 9.24. The van der Waals surface area contributed by atoms with Gasteiger partial charge in [-0.25, -0.2) is 0 Å². The molecule has 8 heteroatoms. The van der Waals surface area contributed by atoms with E-state index in [2.05, 4.69) is 17.6 Å². The van der Waals surface area contributed by atoms with E-state index in [1.54, 1.807) is 23.7 Å². The van der Waals surface area contributed by atoms with E-state index >= 15 is 0 Å². The molecule has 2 bridgehead atoms. The fraction of sp³-hybridized carbons (Fsp3) is 0.625. The molecule has 3 N–H and O–H groups in total. The van der Waals surface area contributed by atoms with Crippen molar-refractivity contribution in [2.45, 2.75) is 61.1 Å². The van der Waals surface area contributed by atoms with Gasteiger partial charge in [0.25, 0.3) is 0 Å². The number of likely N-dealkylation sites (tertiary alicyclic amines) is 1. The van der Waals surface area contributed by atoms with Gasteiger partial charge in [0.2, 0.25) is 17.7 Å². The summed E-state index contributed by atoms with van der Waals surface area (Å²) in [5.74, 6) is -1.42. The molecule has 3 fully saturated rings. The number of nitrogens with zero attached hydrogens (tertiary/aromatic N) is 1. The Balaban J connectivity index is 1.71. The van der Waals surface area contributed by atoms with Gasteiger partial charge < -0.3 is 20.6 Å². The number of carbonyl (C=O) groups excluding carboxylic acids is 3. The molecule has 0 radical (unpaired) electrons. The van der Waals surface area contributed by atoms with E-state index in [-0.39, 0.29) is 29.6 Å². The van der Waals surface area contributed by atoms with Crippen LogP contribution in [0.4, 0.5) is 0 Å². The van der Waals surface area contributed by atoms with Gasteiger partial charge in [0.05, 0.1) is 29.2 Å². The summed E-state index contributed by atoms with van der Waals surface area (Å²) < 4.78 is -0.612. The summed E-state index contributed by atoms with van der Waals surface area (Å²) in [5.41, 5.74) is 0.999. The van der Waals surface area contributed by atoms with Crippen molar-refractivity contribution in [3.05, 3.63) is 35.9 Å². The number of aliphatic hydroxyl groups excluding tert-OH is 1. The average Bonchev–Trinajstić information content (AvgIpc) is 3.45. The average molecular weight is 460 g/mol. The maximum atomic E-state index is 13.9. The Bertz CT molecular complexity index is 866. The molecule has 1 spiro atoms. The fourth-order valence-corrected chi connectivity index (χ4v) is 8.08. The third kappa shape index (κ3) is 3.71. The largest absolute Gasteiger partial charge is 0.394 e. The molecule has 7 nitrogen and oxygen atoms in total. The normalized spacial score (nSPS) is 31.5. The minimum Gasteiger partial charge on any atom is -0.394 e. The molecule has 3 heterocycles. The highest BCUT2D eigenvalue weighted by Gasteiger charge is 2.74. The van der Waals surface area contributed by atoms with Gasteiger partial charge in [-0.15, -0.1) is 11.8 Å². The second-order valence-corrected chi connectivity index (χ2v) is 10.7. The lowest BCUT2D eigenvalue weighted by Gasteiger charge is -2.37. The monoisotopic (exact) mass is 459 g/mol. The lowest BCUT2D eigenvalue weighted by molar-refractivity contribution is -0.142. The standard InChI is InChI=1S/C24H33N3O4S/c1-3-4-12-26-22(30)20-24-11-10-17(32-24)18(21(29)25-2)19(24)23(31)27(20)16(14-28)13-15-8-6-5-7-9-15/h5-9,16-20,28H,3-4,10-14H2,1-2H3,(H,25,29)(H,26,30)/t16-,17+,18-,19+,20?,24?/m1/s1. The van der Waals surface area contributed by atoms with E-state index < -0.39 is 28.7 Å². The number of hydrogen-bond acceptors (Lipinski definition) is 5. The van der Waals surface area contributed by atoms with Gasteiger partial charge in [-0.3, -0.25) is 14.4 Å². The first-order chi connectivity index (χ1) is 15.5. The van der Waals surface area contributed by atoms with Crippen molar-refractivity contribution in [1.29, 1.82) is 0 Å². The zero-order valence-electron chi connectivity index (χ0n) is 18.8. The van der Waals surface area contributed by atoms with E-state index in [1.165, 1.54) is 0 Å². The molecule has 0 aromatic heterocycles. The van der Waals surface area contributed by atoms with Gasteiger partial charge in [-0.1, -0.05) is 43.7 Å². The van der Waals surface area contributed by atoms with E-state index in [1.807, 2.05) is 30.3 Å². The molecular weight excluding hydrogens is 426 g/mol. The number of rotatable bonds is 9. The highest BCUT2D eigenvalue weighted by molar-refractivity contribution is 8.02. The van der Waals surface area contributed by atoms with Crippen molar-refractivity contribution in [3.8, 4) is 0 Å². The van der Waals surface area contributed by atoms with Crippen LogP contribution in [0, 0.1) is 11.8 Å². The summed E-state index contributed by atoms with van der Waals surface area (Å²) in [5, 5.41) is 16.1. The van der Waals surface area contributed by atoms with Crippen molar-refractivity contribution in [2.24, 2.45) is 11.8 Å². The Morgan fingerprint density at radius 1 is 1.28 bits per heavy atom. The van der Waals surface area contributed by atoms with Gasteiger partial charge >= 0.3 is 0 Å². The molecule has 0 saturated carbocycles. The summed E-state index contributed by atoms with van der Waals surface area (Å²) in [7, 11) is 1.60. The molecule has 174 valence electrons. The van der Waals surface area contributed by atoms with Crippen molar-refractivity contribution in [1.82, 2.24) is 15.5 Å². The van der Waals surface area contributed by atoms with Gasteiger partial charge in [0, 0.05) is 18.8 Å². The minimum absolute atomic E-state index is 0.0543. The van der Waals surface area contributed by atoms with Crippen LogP contribution in [-0.2, 0) is 20.8 Å². The molecular formula is C24H33N3O4S. The molecule has 3 amide bonds. The Hall–Kier alpha value is -2.06. The molecule has 3 saturated heterocycles. The van der Waals surface area contributed by atoms with Crippen LogP contribution in [0.15, 0.2) is 30.3 Å². The first-order valence-corrected chi connectivity index (χ1v) is 12.5. The number of hydrogen-bond donors (Lipinski definition) is 3. The lowest BCUT2D eigenvalue weighted by atomic mass is 9.71. The number of aliphatic hydroxyl groups is 1. The topological polar surface area (TPSA) is 98.7 Å². The number of amides is 3. The molecule has 32 heavy (non-hydrogen) atoms. The zero-order chi connectivity index (χ0) is 22.9. The molecule has 1 aromatic rings. The molecule has 3 aliphatic heterocycles. The smallest absolute Gasteiger partial charge is 0.244 e. The first kappa shape index (κ1) is 23.1. The van der Waals surface area contributed by atoms with E-state index in [9.17, 15) is 19.5 Å². The molecule has 6 atom stereocenters. The van der Waals surface area contributed by atoms with Gasteiger partial charge in [-0.05, 0) is 31.2 Å². The predicted molar refractivity (Wildman–Crippen MR) is 124 cm³/mol. The van der Waals surface area contributed by atoms with Crippen LogP contribution in [0.2, 0.25) is 0 Å². The molecule has 1 aromatic carbocycles. The maximum Gasteiger partial charge on any atom is 0.244 e. The Morgan fingerprint density at radius 2 is 2.03 bits per heavy atom. The Labute approximate surface area is 193 Å². The lowest BCUT2D eigenvalue weighted by Crippen LogP contribution is -2.57. The highest BCUT2D eigenvalue weighted by atomic mass is 32.2. The number of thioether (sulfide) groups is 1. The molecule has 2 unspecified atom stereocenters. The second-order valence-electron chi connectivity index (χ2n) is 9.09. The summed E-state index contributed by atoms with van der Waals surface area (Å²) >= 11 is 1.65. The quantitative estimate of drug-likeness (QED) is 0.484.